The third-order valence-electron chi connectivity index (χ3n) is 2.13. The number of ether oxygens (including phenoxy) is 1. The molecule has 84 valence electrons. The van der Waals surface area contributed by atoms with Crippen LogP contribution in [0.5, 0.6) is 5.75 Å². The molecule has 0 heterocycles. The molecule has 0 aromatic heterocycles. The van der Waals surface area contributed by atoms with Crippen molar-refractivity contribution in [2.75, 3.05) is 7.11 Å². The van der Waals surface area contributed by atoms with Gasteiger partial charge in [-0.25, -0.2) is 4.39 Å². The van der Waals surface area contributed by atoms with E-state index in [0.29, 0.717) is 13.8 Å². The van der Waals surface area contributed by atoms with E-state index >= 15 is 0 Å². The minimum atomic E-state index is -0.263. The van der Waals surface area contributed by atoms with Crippen molar-refractivity contribution < 1.29 is 9.13 Å². The number of halogens is 3. The normalized spacial score (nSPS) is 11.7. The number of benzene rings is 1. The lowest BCUT2D eigenvalue weighted by Crippen LogP contribution is -2.14. The molecule has 0 atom stereocenters. The van der Waals surface area contributed by atoms with Crippen LogP contribution in [0.3, 0.4) is 0 Å². The molecule has 0 aliphatic heterocycles. The van der Waals surface area contributed by atoms with Gasteiger partial charge >= 0.3 is 0 Å². The van der Waals surface area contributed by atoms with Crippen molar-refractivity contribution in [3.63, 3.8) is 0 Å². The minimum Gasteiger partial charge on any atom is -0.495 e. The predicted molar refractivity (Wildman–Crippen MR) is 72.1 cm³/mol. The topological polar surface area (TPSA) is 9.23 Å². The second kappa shape index (κ2) is 4.57. The molecule has 1 rings (SSSR count). The van der Waals surface area contributed by atoms with Gasteiger partial charge in [0.15, 0.2) is 5.82 Å². The van der Waals surface area contributed by atoms with Crippen LogP contribution in [0, 0.1) is 9.39 Å². The molecule has 4 heteroatoms. The number of methoxy groups -OCH3 is 1. The Kier molecular flexibility index (Phi) is 4.03. The Morgan fingerprint density at radius 1 is 1.40 bits per heavy atom. The molecular formula is C11H13BrFIO. The molecule has 0 spiro atoms. The lowest BCUT2D eigenvalue weighted by Gasteiger charge is -2.23. The third-order valence-corrected chi connectivity index (χ3v) is 3.62. The Hall–Kier alpha value is 0.160. The summed E-state index contributed by atoms with van der Waals surface area (Å²) in [7, 11) is 1.56. The summed E-state index contributed by atoms with van der Waals surface area (Å²) < 4.78 is 19.9. The second-order valence-corrected chi connectivity index (χ2v) is 6.27. The maximum Gasteiger partial charge on any atom is 0.154 e. The van der Waals surface area contributed by atoms with E-state index in [0.717, 1.165) is 5.56 Å². The van der Waals surface area contributed by atoms with Crippen LogP contribution < -0.4 is 4.74 Å². The molecule has 0 radical (unpaired) electrons. The monoisotopic (exact) mass is 386 g/mol. The average Bonchev–Trinajstić information content (AvgIpc) is 2.12. The van der Waals surface area contributed by atoms with Gasteiger partial charge in [-0.1, -0.05) is 20.8 Å². The highest BCUT2D eigenvalue weighted by Gasteiger charge is 2.24. The molecule has 0 aliphatic carbocycles. The summed E-state index contributed by atoms with van der Waals surface area (Å²) in [5, 5.41) is 0. The van der Waals surface area contributed by atoms with Gasteiger partial charge in [0.05, 0.1) is 15.2 Å². The highest BCUT2D eigenvalue weighted by molar-refractivity contribution is 14.1. The fourth-order valence-electron chi connectivity index (χ4n) is 1.34. The Morgan fingerprint density at radius 3 is 2.33 bits per heavy atom. The molecule has 1 nitrogen and oxygen atoms in total. The molecule has 0 aliphatic rings. The second-order valence-electron chi connectivity index (χ2n) is 4.32. The van der Waals surface area contributed by atoms with Crippen LogP contribution in [-0.4, -0.2) is 7.11 Å². The van der Waals surface area contributed by atoms with E-state index in [2.05, 4.69) is 36.7 Å². The summed E-state index contributed by atoms with van der Waals surface area (Å²) in [6, 6.07) is 1.83. The minimum absolute atomic E-state index is 0.0680. The molecular weight excluding hydrogens is 374 g/mol. The zero-order chi connectivity index (χ0) is 11.8. The first kappa shape index (κ1) is 13.2. The number of hydrogen-bond acceptors (Lipinski definition) is 1. The van der Waals surface area contributed by atoms with Gasteiger partial charge in [0.1, 0.15) is 5.75 Å². The summed E-state index contributed by atoms with van der Waals surface area (Å²) in [6.45, 7) is 6.22. The molecule has 0 saturated carbocycles. The van der Waals surface area contributed by atoms with Crippen molar-refractivity contribution >= 4 is 38.5 Å². The summed E-state index contributed by atoms with van der Waals surface area (Å²) in [4.78, 5) is 0. The first-order chi connectivity index (χ1) is 6.79. The molecule has 15 heavy (non-hydrogen) atoms. The van der Waals surface area contributed by atoms with Crippen molar-refractivity contribution in [2.45, 2.75) is 26.2 Å². The van der Waals surface area contributed by atoms with Crippen molar-refractivity contribution in [1.29, 1.82) is 0 Å². The van der Waals surface area contributed by atoms with Gasteiger partial charge in [-0.2, -0.15) is 0 Å². The standard InChI is InChI=1S/C11H13BrFIO/c1-11(2,3)6-5-7(14)9(13)8(12)10(6)15-4/h5H,1-4H3. The molecule has 0 bridgehead atoms. The zero-order valence-corrected chi connectivity index (χ0v) is 12.9. The van der Waals surface area contributed by atoms with E-state index in [1.165, 1.54) is 0 Å². The SMILES string of the molecule is COc1c(C(C)(C)C)cc(I)c(F)c1Br. The lowest BCUT2D eigenvalue weighted by molar-refractivity contribution is 0.390. The summed E-state index contributed by atoms with van der Waals surface area (Å²) in [5.41, 5.74) is 0.935. The molecule has 0 saturated heterocycles. The van der Waals surface area contributed by atoms with Gasteiger partial charge in [0.2, 0.25) is 0 Å². The first-order valence-electron chi connectivity index (χ1n) is 4.51. The largest absolute Gasteiger partial charge is 0.495 e. The lowest BCUT2D eigenvalue weighted by atomic mass is 9.86. The van der Waals surface area contributed by atoms with Crippen molar-refractivity contribution in [3.8, 4) is 5.75 Å². The maximum atomic E-state index is 13.6. The van der Waals surface area contributed by atoms with Gasteiger partial charge in [-0.15, -0.1) is 0 Å². The van der Waals surface area contributed by atoms with Crippen LogP contribution in [-0.2, 0) is 5.41 Å². The van der Waals surface area contributed by atoms with Gasteiger partial charge in [-0.05, 0) is 50.0 Å². The van der Waals surface area contributed by atoms with E-state index < -0.39 is 0 Å². The van der Waals surface area contributed by atoms with Crippen molar-refractivity contribution in [2.24, 2.45) is 0 Å². The Bertz CT molecular complexity index is 385. The third kappa shape index (κ3) is 2.64. The van der Waals surface area contributed by atoms with Gasteiger partial charge in [-0.3, -0.25) is 0 Å². The van der Waals surface area contributed by atoms with E-state index in [1.54, 1.807) is 7.11 Å². The zero-order valence-electron chi connectivity index (χ0n) is 9.12. The van der Waals surface area contributed by atoms with Crippen LogP contribution in [0.4, 0.5) is 4.39 Å². The summed E-state index contributed by atoms with van der Waals surface area (Å²) >= 11 is 5.22. The Morgan fingerprint density at radius 2 is 1.93 bits per heavy atom. The Labute approximate surface area is 112 Å². The van der Waals surface area contributed by atoms with E-state index in [4.69, 9.17) is 4.74 Å². The fourth-order valence-corrected chi connectivity index (χ4v) is 2.88. The smallest absolute Gasteiger partial charge is 0.154 e. The van der Waals surface area contributed by atoms with Crippen LogP contribution in [0.1, 0.15) is 26.3 Å². The highest BCUT2D eigenvalue weighted by atomic mass is 127. The quantitative estimate of drug-likeness (QED) is 0.510. The highest BCUT2D eigenvalue weighted by Crippen LogP contribution is 2.40. The van der Waals surface area contributed by atoms with E-state index in [1.807, 2.05) is 28.7 Å². The van der Waals surface area contributed by atoms with Crippen molar-refractivity contribution in [1.82, 2.24) is 0 Å². The molecule has 0 amide bonds. The summed E-state index contributed by atoms with van der Waals surface area (Å²) in [5.74, 6) is 0.320. The fraction of sp³-hybridized carbons (Fsp3) is 0.455. The van der Waals surface area contributed by atoms with Crippen LogP contribution in [0.25, 0.3) is 0 Å². The molecule has 1 aromatic carbocycles. The van der Waals surface area contributed by atoms with Gasteiger partial charge in [0.25, 0.3) is 0 Å². The van der Waals surface area contributed by atoms with Gasteiger partial charge < -0.3 is 4.74 Å². The average molecular weight is 387 g/mol. The summed E-state index contributed by atoms with van der Waals surface area (Å²) in [6.07, 6.45) is 0. The van der Waals surface area contributed by atoms with Gasteiger partial charge in [0, 0.05) is 5.56 Å². The predicted octanol–water partition coefficient (Wildman–Crippen LogP) is 4.50. The Balaban J connectivity index is 3.53. The molecule has 1 aromatic rings. The molecule has 0 N–H and O–H groups in total. The first-order valence-corrected chi connectivity index (χ1v) is 6.38. The van der Waals surface area contributed by atoms with Crippen LogP contribution in [0.2, 0.25) is 0 Å². The molecule has 0 fully saturated rings. The number of hydrogen-bond donors (Lipinski definition) is 0. The van der Waals surface area contributed by atoms with Crippen LogP contribution >= 0.6 is 38.5 Å². The number of rotatable bonds is 1. The maximum absolute atomic E-state index is 13.6. The van der Waals surface area contributed by atoms with Crippen molar-refractivity contribution in [3.05, 3.63) is 25.5 Å². The molecule has 0 unspecified atom stereocenters. The van der Waals surface area contributed by atoms with E-state index in [-0.39, 0.29) is 11.2 Å². The van der Waals surface area contributed by atoms with Crippen LogP contribution in [0.15, 0.2) is 10.5 Å². The van der Waals surface area contributed by atoms with E-state index in [9.17, 15) is 4.39 Å².